The third kappa shape index (κ3) is 3.14. The van der Waals surface area contributed by atoms with E-state index in [-0.39, 0.29) is 5.75 Å². The number of hydrogen-bond acceptors (Lipinski definition) is 5. The molecule has 1 aliphatic heterocycles. The molecule has 1 unspecified atom stereocenters. The van der Waals surface area contributed by atoms with Crippen molar-refractivity contribution in [2.24, 2.45) is 0 Å². The summed E-state index contributed by atoms with van der Waals surface area (Å²) in [6.07, 6.45) is 0. The summed E-state index contributed by atoms with van der Waals surface area (Å²) in [7, 11) is -3.20. The maximum absolute atomic E-state index is 13.4. The van der Waals surface area contributed by atoms with Crippen molar-refractivity contribution in [3.05, 3.63) is 24.0 Å². The SMILES string of the molecule is CCS(=O)(=O)C1CSCCN1c1cc(N)cc(F)c1. The van der Waals surface area contributed by atoms with Crippen LogP contribution < -0.4 is 10.6 Å². The third-order valence-corrected chi connectivity index (χ3v) is 6.43. The Morgan fingerprint density at radius 2 is 2.21 bits per heavy atom. The lowest BCUT2D eigenvalue weighted by Crippen LogP contribution is -2.48. The fourth-order valence-electron chi connectivity index (χ4n) is 2.13. The van der Waals surface area contributed by atoms with Gasteiger partial charge in [0.05, 0.1) is 0 Å². The zero-order valence-electron chi connectivity index (χ0n) is 10.7. The molecule has 0 radical (unpaired) electrons. The summed E-state index contributed by atoms with van der Waals surface area (Å²) in [4.78, 5) is 1.74. The van der Waals surface area contributed by atoms with Crippen molar-refractivity contribution < 1.29 is 12.8 Å². The molecule has 1 atom stereocenters. The van der Waals surface area contributed by atoms with Crippen LogP contribution in [0.1, 0.15) is 6.92 Å². The highest BCUT2D eigenvalue weighted by Crippen LogP contribution is 2.29. The molecule has 0 spiro atoms. The molecule has 0 bridgehead atoms. The van der Waals surface area contributed by atoms with Gasteiger partial charge in [0.1, 0.15) is 11.2 Å². The van der Waals surface area contributed by atoms with Crippen molar-refractivity contribution in [2.75, 3.05) is 34.4 Å². The molecule has 7 heteroatoms. The van der Waals surface area contributed by atoms with Crippen LogP contribution in [0.25, 0.3) is 0 Å². The van der Waals surface area contributed by atoms with Crippen molar-refractivity contribution in [3.8, 4) is 0 Å². The molecule has 2 N–H and O–H groups in total. The molecule has 1 saturated heterocycles. The molecular weight excluding hydrogens is 287 g/mol. The fraction of sp³-hybridized carbons (Fsp3) is 0.500. The van der Waals surface area contributed by atoms with Crippen LogP contribution in [-0.4, -0.2) is 37.6 Å². The molecule has 0 aromatic heterocycles. The molecule has 106 valence electrons. The smallest absolute Gasteiger partial charge is 0.171 e. The second kappa shape index (κ2) is 5.58. The summed E-state index contributed by atoms with van der Waals surface area (Å²) >= 11 is 1.61. The van der Waals surface area contributed by atoms with Gasteiger partial charge in [-0.1, -0.05) is 6.92 Å². The predicted octanol–water partition coefficient (Wildman–Crippen LogP) is 1.72. The van der Waals surface area contributed by atoms with Gasteiger partial charge in [0, 0.05) is 35.2 Å². The molecule has 1 heterocycles. The lowest BCUT2D eigenvalue weighted by Gasteiger charge is -2.36. The molecule has 1 aromatic carbocycles. The molecular formula is C12H17FN2O2S2. The van der Waals surface area contributed by atoms with E-state index >= 15 is 0 Å². The number of sulfone groups is 1. The Morgan fingerprint density at radius 3 is 2.84 bits per heavy atom. The zero-order valence-corrected chi connectivity index (χ0v) is 12.3. The van der Waals surface area contributed by atoms with Crippen LogP contribution >= 0.6 is 11.8 Å². The summed E-state index contributed by atoms with van der Waals surface area (Å²) < 4.78 is 37.7. The van der Waals surface area contributed by atoms with Crippen LogP contribution in [0.5, 0.6) is 0 Å². The summed E-state index contributed by atoms with van der Waals surface area (Å²) in [6.45, 7) is 2.21. The van der Waals surface area contributed by atoms with E-state index < -0.39 is 21.0 Å². The van der Waals surface area contributed by atoms with E-state index in [1.807, 2.05) is 0 Å². The van der Waals surface area contributed by atoms with Gasteiger partial charge in [-0.25, -0.2) is 12.8 Å². The summed E-state index contributed by atoms with van der Waals surface area (Å²) in [5, 5.41) is -0.600. The van der Waals surface area contributed by atoms with Gasteiger partial charge in [-0.15, -0.1) is 0 Å². The van der Waals surface area contributed by atoms with E-state index in [1.165, 1.54) is 12.1 Å². The number of anilines is 2. The van der Waals surface area contributed by atoms with E-state index in [2.05, 4.69) is 0 Å². The van der Waals surface area contributed by atoms with Gasteiger partial charge in [-0.2, -0.15) is 11.8 Å². The number of benzene rings is 1. The topological polar surface area (TPSA) is 63.4 Å². The van der Waals surface area contributed by atoms with E-state index in [0.29, 0.717) is 23.7 Å². The Morgan fingerprint density at radius 1 is 1.47 bits per heavy atom. The van der Waals surface area contributed by atoms with Crippen LogP contribution in [-0.2, 0) is 9.84 Å². The van der Waals surface area contributed by atoms with Crippen LogP contribution in [0.4, 0.5) is 15.8 Å². The molecule has 0 saturated carbocycles. The summed E-state index contributed by atoms with van der Waals surface area (Å²) in [5.74, 6) is 0.971. The lowest BCUT2D eigenvalue weighted by atomic mass is 10.2. The van der Waals surface area contributed by atoms with Gasteiger partial charge >= 0.3 is 0 Å². The van der Waals surface area contributed by atoms with E-state index in [9.17, 15) is 12.8 Å². The van der Waals surface area contributed by atoms with Crippen molar-refractivity contribution in [1.29, 1.82) is 0 Å². The first-order valence-corrected chi connectivity index (χ1v) is 8.93. The molecule has 1 aromatic rings. The van der Waals surface area contributed by atoms with Crippen LogP contribution in [0, 0.1) is 5.82 Å². The van der Waals surface area contributed by atoms with Crippen molar-refractivity contribution in [2.45, 2.75) is 12.3 Å². The molecule has 4 nitrogen and oxygen atoms in total. The van der Waals surface area contributed by atoms with E-state index in [0.717, 1.165) is 5.75 Å². The Hall–Kier alpha value is -0.950. The monoisotopic (exact) mass is 304 g/mol. The number of hydrogen-bond donors (Lipinski definition) is 1. The standard InChI is InChI=1S/C12H17FN2O2S2/c1-2-19(16,17)12-8-18-4-3-15(12)11-6-9(13)5-10(14)7-11/h5-7,12H,2-4,8,14H2,1H3. The molecule has 2 rings (SSSR count). The van der Waals surface area contributed by atoms with Crippen LogP contribution in [0.15, 0.2) is 18.2 Å². The van der Waals surface area contributed by atoms with Crippen molar-refractivity contribution in [1.82, 2.24) is 0 Å². The van der Waals surface area contributed by atoms with Gasteiger partial charge in [0.2, 0.25) is 0 Å². The predicted molar refractivity (Wildman–Crippen MR) is 78.7 cm³/mol. The Bertz CT molecular complexity index is 543. The maximum atomic E-state index is 13.4. The number of halogens is 1. The minimum absolute atomic E-state index is 0.0829. The highest BCUT2D eigenvalue weighted by Gasteiger charge is 2.33. The second-order valence-electron chi connectivity index (χ2n) is 4.42. The molecule has 0 aliphatic carbocycles. The van der Waals surface area contributed by atoms with Gasteiger partial charge in [0.15, 0.2) is 9.84 Å². The normalized spacial score (nSPS) is 20.5. The summed E-state index contributed by atoms with van der Waals surface area (Å²) in [6, 6.07) is 4.19. The molecule has 0 amide bonds. The third-order valence-electron chi connectivity index (χ3n) is 3.14. The maximum Gasteiger partial charge on any atom is 0.171 e. The first kappa shape index (κ1) is 14.5. The number of nitrogens with two attached hydrogens (primary N) is 1. The quantitative estimate of drug-likeness (QED) is 0.862. The fourth-order valence-corrected chi connectivity index (χ4v) is 5.12. The van der Waals surface area contributed by atoms with Crippen LogP contribution in [0.2, 0.25) is 0 Å². The first-order valence-electron chi connectivity index (χ1n) is 6.06. The van der Waals surface area contributed by atoms with Crippen molar-refractivity contribution >= 4 is 33.0 Å². The highest BCUT2D eigenvalue weighted by molar-refractivity contribution is 8.01. The van der Waals surface area contributed by atoms with Crippen molar-refractivity contribution in [3.63, 3.8) is 0 Å². The number of nitrogens with zero attached hydrogens (tertiary/aromatic N) is 1. The largest absolute Gasteiger partial charge is 0.399 e. The Kier molecular flexibility index (Phi) is 4.25. The van der Waals surface area contributed by atoms with Gasteiger partial charge < -0.3 is 10.6 Å². The molecule has 1 aliphatic rings. The van der Waals surface area contributed by atoms with Gasteiger partial charge in [-0.05, 0) is 18.2 Å². The van der Waals surface area contributed by atoms with Crippen LogP contribution in [0.3, 0.4) is 0 Å². The van der Waals surface area contributed by atoms with E-state index in [4.69, 9.17) is 5.73 Å². The second-order valence-corrected chi connectivity index (χ2v) is 8.01. The zero-order chi connectivity index (χ0) is 14.0. The Labute approximate surface area is 117 Å². The average Bonchev–Trinajstić information content (AvgIpc) is 2.37. The number of nitrogen functional groups attached to an aromatic ring is 1. The highest BCUT2D eigenvalue weighted by atomic mass is 32.2. The van der Waals surface area contributed by atoms with Gasteiger partial charge in [-0.3, -0.25) is 0 Å². The van der Waals surface area contributed by atoms with Gasteiger partial charge in [0.25, 0.3) is 0 Å². The first-order chi connectivity index (χ1) is 8.94. The number of thioether (sulfide) groups is 1. The molecule has 19 heavy (non-hydrogen) atoms. The van der Waals surface area contributed by atoms with E-state index in [1.54, 1.807) is 29.7 Å². The average molecular weight is 304 g/mol. The lowest BCUT2D eigenvalue weighted by molar-refractivity contribution is 0.579. The minimum atomic E-state index is -3.20. The Balaban J connectivity index is 2.39. The minimum Gasteiger partial charge on any atom is -0.399 e. The number of rotatable bonds is 3. The summed E-state index contributed by atoms with van der Waals surface area (Å²) in [5.41, 5.74) is 6.48. The molecule has 1 fully saturated rings.